The van der Waals surface area contributed by atoms with E-state index in [0.717, 1.165) is 48.7 Å². The average molecular weight is 330 g/mol. The van der Waals surface area contributed by atoms with Crippen LogP contribution in [0.5, 0.6) is 0 Å². The molecule has 0 saturated carbocycles. The molecule has 0 spiro atoms. The van der Waals surface area contributed by atoms with Crippen LogP contribution in [0.4, 0.5) is 0 Å². The van der Waals surface area contributed by atoms with Crippen molar-refractivity contribution < 1.29 is 4.79 Å². The van der Waals surface area contributed by atoms with Gasteiger partial charge in [-0.1, -0.05) is 6.92 Å². The second kappa shape index (κ2) is 7.19. The fourth-order valence-electron chi connectivity index (χ4n) is 2.76. The number of piperidine rings is 1. The van der Waals surface area contributed by atoms with Crippen LogP contribution in [-0.4, -0.2) is 35.5 Å². The number of hydrogen-bond donors (Lipinski definition) is 2. The molecule has 1 saturated heterocycles. The highest BCUT2D eigenvalue weighted by atomic mass is 32.1. The van der Waals surface area contributed by atoms with E-state index in [-0.39, 0.29) is 11.3 Å². The quantitative estimate of drug-likeness (QED) is 0.882. The molecule has 0 unspecified atom stereocenters. The molecule has 1 amide bonds. The van der Waals surface area contributed by atoms with Gasteiger partial charge in [0.1, 0.15) is 5.01 Å². The number of carbonyl (C=O) groups excluding carboxylic acids is 1. The highest BCUT2D eigenvalue weighted by Crippen LogP contribution is 2.27. The number of rotatable bonds is 5. The second-order valence-corrected chi connectivity index (χ2v) is 7.26. The molecule has 0 atom stereocenters. The third-order valence-corrected chi connectivity index (χ3v) is 5.27. The van der Waals surface area contributed by atoms with Gasteiger partial charge in [-0.3, -0.25) is 9.78 Å². The van der Waals surface area contributed by atoms with Gasteiger partial charge in [0, 0.05) is 29.9 Å². The van der Waals surface area contributed by atoms with E-state index < -0.39 is 0 Å². The predicted octanol–water partition coefficient (Wildman–Crippen LogP) is 2.25. The Labute approximate surface area is 140 Å². The van der Waals surface area contributed by atoms with Crippen LogP contribution in [0, 0.1) is 5.41 Å². The minimum absolute atomic E-state index is 0.0489. The first-order chi connectivity index (χ1) is 11.1. The number of thiazole rings is 1. The Morgan fingerprint density at radius 1 is 1.43 bits per heavy atom. The van der Waals surface area contributed by atoms with Gasteiger partial charge >= 0.3 is 0 Å². The van der Waals surface area contributed by atoms with Crippen LogP contribution in [0.25, 0.3) is 10.6 Å². The summed E-state index contributed by atoms with van der Waals surface area (Å²) in [6.07, 6.45) is 6.09. The third-order valence-electron chi connectivity index (χ3n) is 4.32. The zero-order valence-electron chi connectivity index (χ0n) is 13.3. The van der Waals surface area contributed by atoms with Gasteiger partial charge in [-0.15, -0.1) is 11.3 Å². The summed E-state index contributed by atoms with van der Waals surface area (Å²) in [5.74, 6) is 0.0489. The van der Waals surface area contributed by atoms with Crippen molar-refractivity contribution in [1.29, 1.82) is 0 Å². The fourth-order valence-corrected chi connectivity index (χ4v) is 3.57. The zero-order chi connectivity index (χ0) is 16.1. The third kappa shape index (κ3) is 4.36. The molecule has 2 aromatic heterocycles. The summed E-state index contributed by atoms with van der Waals surface area (Å²) in [6.45, 7) is 5.06. The molecule has 3 rings (SSSR count). The average Bonchev–Trinajstić information content (AvgIpc) is 3.03. The summed E-state index contributed by atoms with van der Waals surface area (Å²) in [5.41, 5.74) is 2.03. The smallest absolute Gasteiger partial charge is 0.226 e. The number of aromatic nitrogens is 2. The van der Waals surface area contributed by atoms with E-state index in [1.54, 1.807) is 23.7 Å². The Balaban J connectivity index is 1.53. The van der Waals surface area contributed by atoms with Crippen molar-refractivity contribution in [2.24, 2.45) is 5.41 Å². The molecule has 0 radical (unpaired) electrons. The number of hydrogen-bond acceptors (Lipinski definition) is 5. The molecule has 0 aromatic carbocycles. The molecule has 23 heavy (non-hydrogen) atoms. The Morgan fingerprint density at radius 3 is 3.00 bits per heavy atom. The summed E-state index contributed by atoms with van der Waals surface area (Å²) in [6, 6.07) is 3.87. The number of carbonyl (C=O) groups is 1. The van der Waals surface area contributed by atoms with Crippen molar-refractivity contribution in [3.05, 3.63) is 35.6 Å². The van der Waals surface area contributed by atoms with Crippen LogP contribution in [-0.2, 0) is 11.2 Å². The summed E-state index contributed by atoms with van der Waals surface area (Å²) < 4.78 is 0. The molecular weight excluding hydrogens is 308 g/mol. The van der Waals surface area contributed by atoms with Crippen molar-refractivity contribution in [2.45, 2.75) is 26.2 Å². The van der Waals surface area contributed by atoms with Crippen LogP contribution in [0.2, 0.25) is 0 Å². The van der Waals surface area contributed by atoms with Crippen LogP contribution in [0.3, 0.4) is 0 Å². The van der Waals surface area contributed by atoms with Crippen molar-refractivity contribution >= 4 is 17.2 Å². The van der Waals surface area contributed by atoms with E-state index in [2.05, 4.69) is 27.5 Å². The summed E-state index contributed by atoms with van der Waals surface area (Å²) in [5, 5.41) is 9.30. The fraction of sp³-hybridized carbons (Fsp3) is 0.471. The van der Waals surface area contributed by atoms with Gasteiger partial charge in [0.05, 0.1) is 12.1 Å². The highest BCUT2D eigenvalue weighted by Gasteiger charge is 2.27. The van der Waals surface area contributed by atoms with Crippen molar-refractivity contribution in [3.63, 3.8) is 0 Å². The largest absolute Gasteiger partial charge is 0.355 e. The lowest BCUT2D eigenvalue weighted by atomic mass is 9.81. The maximum atomic E-state index is 12.2. The van der Waals surface area contributed by atoms with E-state index in [1.807, 2.05) is 17.5 Å². The summed E-state index contributed by atoms with van der Waals surface area (Å²) >= 11 is 1.55. The van der Waals surface area contributed by atoms with Crippen molar-refractivity contribution in [3.8, 4) is 10.6 Å². The molecular formula is C17H22N4OS. The monoisotopic (exact) mass is 330 g/mol. The molecule has 5 nitrogen and oxygen atoms in total. The van der Waals surface area contributed by atoms with Gasteiger partial charge in [0.25, 0.3) is 0 Å². The SMILES string of the molecule is CC1(CNC(=O)Cc2csc(-c3cccnc3)n2)CCNCC1. The van der Waals surface area contributed by atoms with E-state index in [4.69, 9.17) is 0 Å². The predicted molar refractivity (Wildman–Crippen MR) is 92.3 cm³/mol. The molecule has 1 aliphatic rings. The van der Waals surface area contributed by atoms with Gasteiger partial charge in [-0.2, -0.15) is 0 Å². The number of nitrogens with zero attached hydrogens (tertiary/aromatic N) is 2. The minimum atomic E-state index is 0.0489. The Kier molecular flexibility index (Phi) is 5.03. The van der Waals surface area contributed by atoms with Crippen molar-refractivity contribution in [2.75, 3.05) is 19.6 Å². The molecule has 6 heteroatoms. The Bertz CT molecular complexity index is 650. The van der Waals surface area contributed by atoms with Gasteiger partial charge in [0.2, 0.25) is 5.91 Å². The standard InChI is InChI=1S/C17H22N4OS/c1-17(4-7-18-8-5-17)12-20-15(22)9-14-11-23-16(21-14)13-3-2-6-19-10-13/h2-3,6,10-11,18H,4-5,7-9,12H2,1H3,(H,20,22). The topological polar surface area (TPSA) is 66.9 Å². The first-order valence-electron chi connectivity index (χ1n) is 7.97. The first kappa shape index (κ1) is 16.1. The van der Waals surface area contributed by atoms with Gasteiger partial charge in [-0.05, 0) is 43.5 Å². The Hall–Kier alpha value is -1.79. The molecule has 2 N–H and O–H groups in total. The summed E-state index contributed by atoms with van der Waals surface area (Å²) in [7, 11) is 0. The molecule has 122 valence electrons. The van der Waals surface area contributed by atoms with E-state index in [9.17, 15) is 4.79 Å². The maximum absolute atomic E-state index is 12.2. The number of pyridine rings is 1. The molecule has 1 aliphatic heterocycles. The van der Waals surface area contributed by atoms with Crippen LogP contribution >= 0.6 is 11.3 Å². The number of nitrogens with one attached hydrogen (secondary N) is 2. The molecule has 3 heterocycles. The van der Waals surface area contributed by atoms with E-state index in [0.29, 0.717) is 6.42 Å². The molecule has 0 aliphatic carbocycles. The maximum Gasteiger partial charge on any atom is 0.226 e. The van der Waals surface area contributed by atoms with E-state index in [1.165, 1.54) is 0 Å². The minimum Gasteiger partial charge on any atom is -0.355 e. The molecule has 2 aromatic rings. The van der Waals surface area contributed by atoms with Crippen LogP contribution in [0.15, 0.2) is 29.9 Å². The molecule has 0 bridgehead atoms. The van der Waals surface area contributed by atoms with Crippen LogP contribution in [0.1, 0.15) is 25.5 Å². The summed E-state index contributed by atoms with van der Waals surface area (Å²) in [4.78, 5) is 20.8. The normalized spacial score (nSPS) is 16.9. The molecule has 1 fully saturated rings. The lowest BCUT2D eigenvalue weighted by molar-refractivity contribution is -0.121. The zero-order valence-corrected chi connectivity index (χ0v) is 14.2. The Morgan fingerprint density at radius 2 is 2.26 bits per heavy atom. The lowest BCUT2D eigenvalue weighted by Crippen LogP contribution is -2.43. The lowest BCUT2D eigenvalue weighted by Gasteiger charge is -2.34. The van der Waals surface area contributed by atoms with Gasteiger partial charge in [-0.25, -0.2) is 4.98 Å². The second-order valence-electron chi connectivity index (χ2n) is 6.40. The van der Waals surface area contributed by atoms with Gasteiger partial charge in [0.15, 0.2) is 0 Å². The first-order valence-corrected chi connectivity index (χ1v) is 8.85. The van der Waals surface area contributed by atoms with Crippen molar-refractivity contribution in [1.82, 2.24) is 20.6 Å². The van der Waals surface area contributed by atoms with Gasteiger partial charge < -0.3 is 10.6 Å². The number of amides is 1. The van der Waals surface area contributed by atoms with E-state index >= 15 is 0 Å². The highest BCUT2D eigenvalue weighted by molar-refractivity contribution is 7.13. The van der Waals surface area contributed by atoms with Crippen LogP contribution < -0.4 is 10.6 Å².